The van der Waals surface area contributed by atoms with E-state index in [9.17, 15) is 4.79 Å². The summed E-state index contributed by atoms with van der Waals surface area (Å²) in [4.78, 5) is 12.7. The SMILES string of the molecule is COc1ccc2c(c1)C(=CC(=O)c1cccc(I)c1)NC(C)(C)C2. The highest BCUT2D eigenvalue weighted by atomic mass is 127. The van der Waals surface area contributed by atoms with E-state index in [1.807, 2.05) is 36.4 Å². The summed E-state index contributed by atoms with van der Waals surface area (Å²) in [5.41, 5.74) is 3.71. The van der Waals surface area contributed by atoms with Crippen molar-refractivity contribution in [1.29, 1.82) is 0 Å². The Labute approximate surface area is 156 Å². The highest BCUT2D eigenvalue weighted by Gasteiger charge is 2.28. The molecule has 1 heterocycles. The molecule has 1 aliphatic rings. The van der Waals surface area contributed by atoms with E-state index in [0.717, 1.165) is 27.0 Å². The fourth-order valence-corrected chi connectivity index (χ4v) is 3.55. The van der Waals surface area contributed by atoms with Crippen molar-refractivity contribution in [2.45, 2.75) is 25.8 Å². The second-order valence-corrected chi connectivity index (χ2v) is 7.89. The maximum atomic E-state index is 12.7. The lowest BCUT2D eigenvalue weighted by molar-refractivity contribution is 0.104. The van der Waals surface area contributed by atoms with Crippen LogP contribution < -0.4 is 10.1 Å². The summed E-state index contributed by atoms with van der Waals surface area (Å²) in [7, 11) is 1.66. The van der Waals surface area contributed by atoms with E-state index in [1.54, 1.807) is 13.2 Å². The molecular formula is C20H20INO2. The lowest BCUT2D eigenvalue weighted by Crippen LogP contribution is -2.43. The molecule has 0 aliphatic carbocycles. The number of ether oxygens (including phenoxy) is 1. The quantitative estimate of drug-likeness (QED) is 0.442. The van der Waals surface area contributed by atoms with Gasteiger partial charge in [0.25, 0.3) is 0 Å². The van der Waals surface area contributed by atoms with Crippen molar-refractivity contribution >= 4 is 34.1 Å². The number of fused-ring (bicyclic) bond motifs is 1. The van der Waals surface area contributed by atoms with E-state index < -0.39 is 0 Å². The van der Waals surface area contributed by atoms with Gasteiger partial charge < -0.3 is 10.1 Å². The van der Waals surface area contributed by atoms with Gasteiger partial charge >= 0.3 is 0 Å². The van der Waals surface area contributed by atoms with Gasteiger partial charge in [0.05, 0.1) is 7.11 Å². The van der Waals surface area contributed by atoms with Gasteiger partial charge in [-0.1, -0.05) is 18.2 Å². The molecule has 0 saturated heterocycles. The van der Waals surface area contributed by atoms with Crippen LogP contribution in [0.25, 0.3) is 5.70 Å². The number of allylic oxidation sites excluding steroid dienone is 1. The summed E-state index contributed by atoms with van der Waals surface area (Å²) in [5, 5.41) is 3.50. The average molecular weight is 433 g/mol. The second-order valence-electron chi connectivity index (χ2n) is 6.64. The first-order valence-corrected chi connectivity index (χ1v) is 8.93. The molecule has 0 atom stereocenters. The summed E-state index contributed by atoms with van der Waals surface area (Å²) >= 11 is 2.22. The van der Waals surface area contributed by atoms with E-state index in [2.05, 4.69) is 47.8 Å². The predicted molar refractivity (Wildman–Crippen MR) is 105 cm³/mol. The molecule has 2 aromatic carbocycles. The van der Waals surface area contributed by atoms with Gasteiger partial charge in [-0.15, -0.1) is 0 Å². The zero-order valence-corrected chi connectivity index (χ0v) is 16.2. The molecule has 124 valence electrons. The van der Waals surface area contributed by atoms with E-state index in [-0.39, 0.29) is 11.3 Å². The Bertz CT molecular complexity index is 824. The van der Waals surface area contributed by atoms with Gasteiger partial charge in [-0.25, -0.2) is 0 Å². The summed E-state index contributed by atoms with van der Waals surface area (Å²) in [6.07, 6.45) is 2.60. The number of halogens is 1. The maximum absolute atomic E-state index is 12.7. The van der Waals surface area contributed by atoms with Crippen LogP contribution in [0.4, 0.5) is 0 Å². The molecule has 3 rings (SSSR count). The average Bonchev–Trinajstić information content (AvgIpc) is 2.53. The molecule has 0 saturated carbocycles. The zero-order chi connectivity index (χ0) is 17.3. The number of carbonyl (C=O) groups is 1. The lowest BCUT2D eigenvalue weighted by atomic mass is 9.85. The molecule has 0 spiro atoms. The van der Waals surface area contributed by atoms with Gasteiger partial charge in [0, 0.05) is 32.0 Å². The van der Waals surface area contributed by atoms with E-state index in [4.69, 9.17) is 4.74 Å². The number of hydrogen-bond acceptors (Lipinski definition) is 3. The van der Waals surface area contributed by atoms with Crippen molar-refractivity contribution in [3.8, 4) is 5.75 Å². The molecule has 0 aromatic heterocycles. The molecule has 1 aliphatic heterocycles. The first-order chi connectivity index (χ1) is 11.4. The fraction of sp³-hybridized carbons (Fsp3) is 0.250. The largest absolute Gasteiger partial charge is 0.497 e. The van der Waals surface area contributed by atoms with Crippen LogP contribution in [0.3, 0.4) is 0 Å². The van der Waals surface area contributed by atoms with E-state index >= 15 is 0 Å². The Hall–Kier alpha value is -1.82. The van der Waals surface area contributed by atoms with Crippen LogP contribution in [0, 0.1) is 3.57 Å². The molecule has 0 unspecified atom stereocenters. The molecule has 0 radical (unpaired) electrons. The summed E-state index contributed by atoms with van der Waals surface area (Å²) < 4.78 is 6.40. The van der Waals surface area contributed by atoms with E-state index in [0.29, 0.717) is 5.56 Å². The van der Waals surface area contributed by atoms with Crippen molar-refractivity contribution in [1.82, 2.24) is 5.32 Å². The van der Waals surface area contributed by atoms with Crippen molar-refractivity contribution in [3.05, 3.63) is 68.8 Å². The van der Waals surface area contributed by atoms with Crippen LogP contribution in [0.15, 0.2) is 48.5 Å². The third-order valence-corrected chi connectivity index (χ3v) is 4.77. The Balaban J connectivity index is 2.05. The van der Waals surface area contributed by atoms with Crippen molar-refractivity contribution in [2.75, 3.05) is 7.11 Å². The molecule has 24 heavy (non-hydrogen) atoms. The molecule has 0 bridgehead atoms. The monoisotopic (exact) mass is 433 g/mol. The number of carbonyl (C=O) groups excluding carboxylic acids is 1. The number of ketones is 1. The van der Waals surface area contributed by atoms with Gasteiger partial charge in [0.1, 0.15) is 5.75 Å². The van der Waals surface area contributed by atoms with E-state index in [1.165, 1.54) is 5.56 Å². The molecule has 2 aromatic rings. The Morgan fingerprint density at radius 1 is 1.25 bits per heavy atom. The second kappa shape index (κ2) is 6.59. The summed E-state index contributed by atoms with van der Waals surface area (Å²) in [5.74, 6) is 0.797. The highest BCUT2D eigenvalue weighted by molar-refractivity contribution is 14.1. The third kappa shape index (κ3) is 3.64. The Kier molecular flexibility index (Phi) is 4.67. The number of rotatable bonds is 3. The first kappa shape index (κ1) is 17.0. The van der Waals surface area contributed by atoms with Gasteiger partial charge in [-0.05, 0) is 72.7 Å². The fourth-order valence-electron chi connectivity index (χ4n) is 3.01. The molecule has 0 amide bonds. The van der Waals surface area contributed by atoms with Gasteiger partial charge in [-0.3, -0.25) is 4.79 Å². The number of methoxy groups -OCH3 is 1. The number of benzene rings is 2. The minimum absolute atomic E-state index is 0.00230. The number of nitrogens with one attached hydrogen (secondary N) is 1. The molecule has 3 nitrogen and oxygen atoms in total. The molecule has 0 fully saturated rings. The minimum atomic E-state index is -0.0984. The molecule has 1 N–H and O–H groups in total. The predicted octanol–water partition coefficient (Wildman–Crippen LogP) is 4.45. The van der Waals surface area contributed by atoms with Crippen LogP contribution in [-0.4, -0.2) is 18.4 Å². The first-order valence-electron chi connectivity index (χ1n) is 7.85. The van der Waals surface area contributed by atoms with Crippen LogP contribution in [0.1, 0.15) is 35.3 Å². The molecular weight excluding hydrogens is 413 g/mol. The van der Waals surface area contributed by atoms with Crippen LogP contribution >= 0.6 is 22.6 Å². The molecule has 4 heteroatoms. The van der Waals surface area contributed by atoms with Gasteiger partial charge in [0.15, 0.2) is 5.78 Å². The lowest BCUT2D eigenvalue weighted by Gasteiger charge is -2.35. The third-order valence-electron chi connectivity index (χ3n) is 4.10. The summed E-state index contributed by atoms with van der Waals surface area (Å²) in [6.45, 7) is 4.29. The van der Waals surface area contributed by atoms with Crippen LogP contribution in [0.5, 0.6) is 5.75 Å². The maximum Gasteiger partial charge on any atom is 0.187 e. The Morgan fingerprint density at radius 3 is 2.75 bits per heavy atom. The number of hydrogen-bond donors (Lipinski definition) is 1. The standard InChI is InChI=1S/C20H20INO2/c1-20(2)12-14-7-8-16(24-3)10-17(14)18(22-20)11-19(23)13-5-4-6-15(21)9-13/h4-11,22H,12H2,1-3H3. The zero-order valence-electron chi connectivity index (χ0n) is 14.0. The topological polar surface area (TPSA) is 38.3 Å². The van der Waals surface area contributed by atoms with Crippen LogP contribution in [-0.2, 0) is 6.42 Å². The van der Waals surface area contributed by atoms with Crippen LogP contribution in [0.2, 0.25) is 0 Å². The van der Waals surface area contributed by atoms with Gasteiger partial charge in [-0.2, -0.15) is 0 Å². The minimum Gasteiger partial charge on any atom is -0.497 e. The normalized spacial score (nSPS) is 17.1. The van der Waals surface area contributed by atoms with Crippen molar-refractivity contribution in [2.24, 2.45) is 0 Å². The highest BCUT2D eigenvalue weighted by Crippen LogP contribution is 2.32. The summed E-state index contributed by atoms with van der Waals surface area (Å²) in [6, 6.07) is 13.7. The smallest absolute Gasteiger partial charge is 0.187 e. The van der Waals surface area contributed by atoms with Gasteiger partial charge in [0.2, 0.25) is 0 Å². The van der Waals surface area contributed by atoms with Crippen molar-refractivity contribution in [3.63, 3.8) is 0 Å². The Morgan fingerprint density at radius 2 is 2.04 bits per heavy atom. The van der Waals surface area contributed by atoms with Crippen molar-refractivity contribution < 1.29 is 9.53 Å².